The van der Waals surface area contributed by atoms with Crippen molar-refractivity contribution in [1.29, 1.82) is 0 Å². The zero-order valence-corrected chi connectivity index (χ0v) is 53.9. The van der Waals surface area contributed by atoms with Crippen LogP contribution in [0.2, 0.25) is 0 Å². The second-order valence-corrected chi connectivity index (χ2v) is 26.4. The van der Waals surface area contributed by atoms with Gasteiger partial charge in [-0.1, -0.05) is 0 Å². The smallest absolute Gasteiger partial charge is 0.187 e. The van der Waals surface area contributed by atoms with Crippen LogP contribution in [0.4, 0.5) is 0 Å². The molecular weight excluding hydrogens is 1420 g/mol. The third-order valence-corrected chi connectivity index (χ3v) is 19.2. The molecule has 10 rings (SSSR count). The van der Waals surface area contributed by atoms with Crippen molar-refractivity contribution in [2.45, 2.75) is 283 Å². The zero-order valence-electron chi connectivity index (χ0n) is 53.9. The summed E-state index contributed by atoms with van der Waals surface area (Å²) in [7, 11) is 0. The largest absolute Gasteiger partial charge is 0.394 e. The summed E-state index contributed by atoms with van der Waals surface area (Å²) in [6, 6.07) is 0. The zero-order chi connectivity index (χ0) is 75.1. The average molecular weight is 1520 g/mol. The van der Waals surface area contributed by atoms with Gasteiger partial charge in [-0.15, -0.1) is 0 Å². The van der Waals surface area contributed by atoms with E-state index < -0.39 is 349 Å². The molecule has 0 aromatic carbocycles. The molecular formula is C56H94O47. The van der Waals surface area contributed by atoms with E-state index in [0.29, 0.717) is 0 Å². The van der Waals surface area contributed by atoms with Gasteiger partial charge in [0.2, 0.25) is 0 Å². The first-order chi connectivity index (χ1) is 48.8. The lowest BCUT2D eigenvalue weighted by molar-refractivity contribution is -0.400. The van der Waals surface area contributed by atoms with Gasteiger partial charge in [-0.3, -0.25) is 0 Å². The standard InChI is InChI=1S/C56H94O47/c57-1-15-42(27(69)32(74)47(84)93-15)99-54-39(81)29(71)45(19(96-54)9-91-50-35(77)23(65)13(61)5-87-50)102-53-38(80)28(70)43(16(2-58)94-53)100-55-40(82)30(72)46(20(97-55)10-92-51-36(78)24(66)14(62)6-88-51)103-56-41(83)31(73)44(18(98-56)8-90-49-34(76)22(64)12(60)4-86-49)101-52-37(79)26(68)25(67)17(95-52)7-89-48-33(75)21(63)11(59)3-85-48/h11-84H,1-10H2/t11-,12-,13-,14-,15-,16-,17-,18-,19-,20-,21+,22+,23+,24+,25-,26+,27-,28-,29-,30-,31-,32-,33-,34-,35-,36-,37-,38-,39-,40-,41-,42-,43-,44-,45-,46-,47?,48-,49-,50-,51-,52+,53+,54+,55+,56+/m1/s1. The summed E-state index contributed by atoms with van der Waals surface area (Å²) in [6.07, 6.45) is -92.3. The number of ether oxygens (including phenoxy) is 19. The maximum absolute atomic E-state index is 12.1. The summed E-state index contributed by atoms with van der Waals surface area (Å²) >= 11 is 0. The first kappa shape index (κ1) is 83.6. The van der Waals surface area contributed by atoms with E-state index in [0.717, 1.165) is 0 Å². The Kier molecular flexibility index (Phi) is 29.3. The lowest BCUT2D eigenvalue weighted by atomic mass is 9.95. The van der Waals surface area contributed by atoms with E-state index in [4.69, 9.17) is 90.0 Å². The van der Waals surface area contributed by atoms with E-state index >= 15 is 0 Å². The monoisotopic (exact) mass is 1520 g/mol. The van der Waals surface area contributed by atoms with E-state index in [1.807, 2.05) is 0 Å². The molecule has 0 spiro atoms. The molecule has 0 radical (unpaired) electrons. The fourth-order valence-electron chi connectivity index (χ4n) is 12.9. The molecule has 10 saturated heterocycles. The first-order valence-electron chi connectivity index (χ1n) is 32.8. The molecule has 0 bridgehead atoms. The van der Waals surface area contributed by atoms with Crippen LogP contribution in [0.1, 0.15) is 0 Å². The predicted octanol–water partition coefficient (Wildman–Crippen LogP) is -20.2. The topological polar surface area (TPSA) is 742 Å². The molecule has 0 aromatic heterocycles. The molecule has 10 aliphatic heterocycles. The highest BCUT2D eigenvalue weighted by atomic mass is 16.8. The average Bonchev–Trinajstić information content (AvgIpc) is 0.773. The van der Waals surface area contributed by atoms with Crippen LogP contribution in [0.15, 0.2) is 0 Å². The molecule has 10 aliphatic rings. The van der Waals surface area contributed by atoms with Crippen LogP contribution >= 0.6 is 0 Å². The number of rotatable bonds is 24. The normalized spacial score (nSPS) is 54.1. The minimum absolute atomic E-state index is 0.518. The second kappa shape index (κ2) is 36.1. The van der Waals surface area contributed by atoms with Crippen LogP contribution in [0.25, 0.3) is 0 Å². The Morgan fingerprint density at radius 3 is 0.699 bits per heavy atom. The van der Waals surface area contributed by atoms with Crippen molar-refractivity contribution < 1.29 is 233 Å². The summed E-state index contributed by atoms with van der Waals surface area (Å²) in [6.45, 7) is -8.20. The van der Waals surface area contributed by atoms with Crippen LogP contribution in [0, 0.1) is 0 Å². The number of hydrogen-bond acceptors (Lipinski definition) is 47. The maximum atomic E-state index is 12.1. The van der Waals surface area contributed by atoms with Crippen molar-refractivity contribution in [2.75, 3.05) is 66.1 Å². The van der Waals surface area contributed by atoms with Crippen LogP contribution < -0.4 is 0 Å². The minimum atomic E-state index is -2.45. The Morgan fingerprint density at radius 2 is 0.417 bits per heavy atom. The Bertz CT molecular complexity index is 2560. The van der Waals surface area contributed by atoms with Gasteiger partial charge in [0, 0.05) is 0 Å². The van der Waals surface area contributed by atoms with Gasteiger partial charge in [0.25, 0.3) is 0 Å². The molecule has 28 N–H and O–H groups in total. The molecule has 10 heterocycles. The molecule has 103 heavy (non-hydrogen) atoms. The van der Waals surface area contributed by atoms with Gasteiger partial charge in [0.15, 0.2) is 62.9 Å². The highest BCUT2D eigenvalue weighted by Gasteiger charge is 2.59. The van der Waals surface area contributed by atoms with E-state index in [9.17, 15) is 143 Å². The summed E-state index contributed by atoms with van der Waals surface area (Å²) in [5, 5.41) is 304. The SMILES string of the molecule is OC[C@H]1O[C@@H](O[C@H]2[C@H](O)[C@@H](O)[C@H](O[C@H]3[C@H](O)[C@@H](O)C(O)O[C@@H]3CO)O[C@@H]2CO[C@H]2OC[C@@H](O)[C@H](O)[C@H]2O)[C@H](O)[C@@H](O)[C@@H]1O[C@@H]1O[C@H](CO[C@H]2OC[C@@H](O)[C@H](O)[C@H]2O)[C@@H](O[C@@H]2O[C@H](CO[C@H]3OC[C@@H](O)[C@H](O)[C@H]3O)[C@@H](O[C@@H]3O[C@H](CO[C@H]4OC[C@@H](O)[C@H](O)[C@H]4O)[C@@H](O)[C@H](O)[C@H]3O)[C@H](O)[C@H]2O)[C@H](O)[C@H]1O. The molecule has 0 aliphatic carbocycles. The van der Waals surface area contributed by atoms with E-state index in [1.165, 1.54) is 0 Å². The highest BCUT2D eigenvalue weighted by molar-refractivity contribution is 5.01. The molecule has 47 heteroatoms. The van der Waals surface area contributed by atoms with Gasteiger partial charge in [0.1, 0.15) is 220 Å². The van der Waals surface area contributed by atoms with Gasteiger partial charge in [-0.25, -0.2) is 0 Å². The van der Waals surface area contributed by atoms with Crippen LogP contribution in [-0.4, -0.2) is 492 Å². The molecule has 46 atom stereocenters. The van der Waals surface area contributed by atoms with Crippen molar-refractivity contribution in [1.82, 2.24) is 0 Å². The van der Waals surface area contributed by atoms with Gasteiger partial charge in [-0.05, 0) is 0 Å². The first-order valence-corrected chi connectivity index (χ1v) is 32.8. The number of hydrogen-bond donors (Lipinski definition) is 28. The minimum Gasteiger partial charge on any atom is -0.394 e. The molecule has 0 amide bonds. The van der Waals surface area contributed by atoms with E-state index in [-0.39, 0.29) is 0 Å². The number of aliphatic hydroxyl groups excluding tert-OH is 28. The third kappa shape index (κ3) is 18.2. The summed E-state index contributed by atoms with van der Waals surface area (Å²) < 4.78 is 108. The second-order valence-electron chi connectivity index (χ2n) is 26.4. The van der Waals surface area contributed by atoms with Gasteiger partial charge in [-0.2, -0.15) is 0 Å². The van der Waals surface area contributed by atoms with E-state index in [1.54, 1.807) is 0 Å². The summed E-state index contributed by atoms with van der Waals surface area (Å²) in [5.74, 6) is 0. The maximum Gasteiger partial charge on any atom is 0.187 e. The molecule has 1 unspecified atom stereocenters. The van der Waals surface area contributed by atoms with Crippen molar-refractivity contribution in [2.24, 2.45) is 0 Å². The molecule has 47 nitrogen and oxygen atoms in total. The van der Waals surface area contributed by atoms with Crippen LogP contribution in [-0.2, 0) is 90.0 Å². The lowest BCUT2D eigenvalue weighted by Crippen LogP contribution is -2.68. The lowest BCUT2D eigenvalue weighted by Gasteiger charge is -2.50. The predicted molar refractivity (Wildman–Crippen MR) is 306 cm³/mol. The van der Waals surface area contributed by atoms with E-state index in [2.05, 4.69) is 0 Å². The summed E-state index contributed by atoms with van der Waals surface area (Å²) in [5.41, 5.74) is 0. The third-order valence-electron chi connectivity index (χ3n) is 19.2. The number of aliphatic hydroxyl groups is 28. The molecule has 0 aromatic rings. The Balaban J connectivity index is 0.863. The molecule has 0 saturated carbocycles. The fraction of sp³-hybridized carbons (Fsp3) is 1.00. The van der Waals surface area contributed by atoms with Crippen molar-refractivity contribution >= 4 is 0 Å². The van der Waals surface area contributed by atoms with Crippen molar-refractivity contribution in [3.63, 3.8) is 0 Å². The Hall–Kier alpha value is -1.88. The Labute approximate surface area is 580 Å². The highest BCUT2D eigenvalue weighted by Crippen LogP contribution is 2.39. The van der Waals surface area contributed by atoms with Gasteiger partial charge >= 0.3 is 0 Å². The van der Waals surface area contributed by atoms with Gasteiger partial charge < -0.3 is 233 Å². The fourth-order valence-corrected chi connectivity index (χ4v) is 12.9. The molecule has 600 valence electrons. The quantitative estimate of drug-likeness (QED) is 0.0427. The molecule has 10 fully saturated rings. The van der Waals surface area contributed by atoms with Crippen molar-refractivity contribution in [3.05, 3.63) is 0 Å². The Morgan fingerprint density at radius 1 is 0.204 bits per heavy atom. The van der Waals surface area contributed by atoms with Crippen molar-refractivity contribution in [3.8, 4) is 0 Å². The summed E-state index contributed by atoms with van der Waals surface area (Å²) in [4.78, 5) is 0. The van der Waals surface area contributed by atoms with Gasteiger partial charge in [0.05, 0.1) is 66.1 Å². The van der Waals surface area contributed by atoms with Crippen LogP contribution in [0.5, 0.6) is 0 Å². The van der Waals surface area contributed by atoms with Crippen LogP contribution in [0.3, 0.4) is 0 Å².